The van der Waals surface area contributed by atoms with E-state index in [0.717, 1.165) is 5.56 Å². The van der Waals surface area contributed by atoms with Crippen LogP contribution in [0.5, 0.6) is 0 Å². The topological polar surface area (TPSA) is 143 Å². The number of amides is 3. The van der Waals surface area contributed by atoms with Crippen LogP contribution >= 0.6 is 0 Å². The number of primary amides is 1. The van der Waals surface area contributed by atoms with Crippen molar-refractivity contribution in [2.24, 2.45) is 11.1 Å². The second kappa shape index (κ2) is 9.70. The molecule has 0 aliphatic carbocycles. The molecule has 10 heteroatoms. The molecule has 0 bridgehead atoms. The maximum Gasteiger partial charge on any atom is 0.273 e. The van der Waals surface area contributed by atoms with Gasteiger partial charge in [0.25, 0.3) is 5.91 Å². The number of hydrogen-bond donors (Lipinski definition) is 3. The number of fused-ring (bicyclic) bond motifs is 1. The molecule has 9 nitrogen and oxygen atoms in total. The summed E-state index contributed by atoms with van der Waals surface area (Å²) in [6.45, 7) is 5.17. The van der Waals surface area contributed by atoms with Gasteiger partial charge in [0, 0.05) is 5.39 Å². The summed E-state index contributed by atoms with van der Waals surface area (Å²) in [5.74, 6) is -2.49. The van der Waals surface area contributed by atoms with Gasteiger partial charge in [-0.2, -0.15) is 10.4 Å². The average molecular weight is 465 g/mol. The lowest BCUT2D eigenvalue weighted by Crippen LogP contribution is -2.54. The van der Waals surface area contributed by atoms with Crippen LogP contribution in [0.4, 0.5) is 4.39 Å². The Labute approximate surface area is 195 Å². The predicted octanol–water partition coefficient (Wildman–Crippen LogP) is 1.84. The number of nitrogens with one attached hydrogen (secondary N) is 2. The Balaban J connectivity index is 1.95. The summed E-state index contributed by atoms with van der Waals surface area (Å²) in [6, 6.07) is 11.9. The molecule has 0 saturated heterocycles. The Bertz CT molecular complexity index is 1290. The Morgan fingerprint density at radius 2 is 1.85 bits per heavy atom. The summed E-state index contributed by atoms with van der Waals surface area (Å²) in [5, 5.41) is 18.7. The largest absolute Gasteiger partial charge is 0.368 e. The van der Waals surface area contributed by atoms with E-state index in [2.05, 4.69) is 21.8 Å². The number of carbonyl (C=O) groups is 3. The third-order valence-electron chi connectivity index (χ3n) is 5.18. The van der Waals surface area contributed by atoms with Gasteiger partial charge in [-0.3, -0.25) is 19.1 Å². The van der Waals surface area contributed by atoms with Crippen LogP contribution in [0.3, 0.4) is 0 Å². The molecule has 1 atom stereocenters. The lowest BCUT2D eigenvalue weighted by atomic mass is 9.86. The highest BCUT2D eigenvalue weighted by Gasteiger charge is 2.34. The number of carbonyl (C=O) groups excluding carboxylic acids is 3. The fraction of sp³-hybridized carbons (Fsp3) is 0.292. The van der Waals surface area contributed by atoms with Crippen LogP contribution in [-0.2, 0) is 16.1 Å². The number of rotatable bonds is 7. The molecule has 0 radical (unpaired) electrons. The third-order valence-corrected chi connectivity index (χ3v) is 5.18. The molecular weight excluding hydrogens is 439 g/mol. The first-order valence-corrected chi connectivity index (χ1v) is 10.5. The zero-order valence-electron chi connectivity index (χ0n) is 19.1. The van der Waals surface area contributed by atoms with Gasteiger partial charge in [-0.25, -0.2) is 4.39 Å². The molecule has 1 heterocycles. The number of aromatic nitrogens is 2. The second-order valence-electron chi connectivity index (χ2n) is 8.93. The van der Waals surface area contributed by atoms with Crippen LogP contribution in [0.25, 0.3) is 10.9 Å². The van der Waals surface area contributed by atoms with Gasteiger partial charge >= 0.3 is 0 Å². The first-order chi connectivity index (χ1) is 16.0. The van der Waals surface area contributed by atoms with Crippen molar-refractivity contribution in [2.45, 2.75) is 33.4 Å². The summed E-state index contributed by atoms with van der Waals surface area (Å²) in [4.78, 5) is 36.9. The minimum absolute atomic E-state index is 0.0416. The maximum atomic E-state index is 14.0. The van der Waals surface area contributed by atoms with E-state index >= 15 is 0 Å². The van der Waals surface area contributed by atoms with Crippen molar-refractivity contribution >= 4 is 28.6 Å². The molecule has 0 spiro atoms. The monoisotopic (exact) mass is 464 g/mol. The molecule has 34 heavy (non-hydrogen) atoms. The SMILES string of the molecule is CC(C)(C)C(NC(=O)c1nn(Cc2ccc(C#N)cc2)c2ccc(F)cc12)C(=O)NCC(N)=O. The minimum atomic E-state index is -1.01. The standard InChI is InChI=1S/C24H25FN6O3/c1-24(2,3)21(23(34)28-12-19(27)32)29-22(33)20-17-10-16(25)8-9-18(17)31(30-20)13-15-6-4-14(11-26)5-7-15/h4-10,21H,12-13H2,1-3H3,(H2,27,32)(H,28,34)(H,29,33). The van der Waals surface area contributed by atoms with Crippen molar-refractivity contribution < 1.29 is 18.8 Å². The number of nitrogens with two attached hydrogens (primary N) is 1. The molecule has 0 saturated carbocycles. The molecule has 3 amide bonds. The van der Waals surface area contributed by atoms with E-state index < -0.39 is 35.0 Å². The van der Waals surface area contributed by atoms with Gasteiger partial charge in [-0.1, -0.05) is 32.9 Å². The van der Waals surface area contributed by atoms with Crippen molar-refractivity contribution in [3.63, 3.8) is 0 Å². The van der Waals surface area contributed by atoms with Gasteiger partial charge in [0.2, 0.25) is 11.8 Å². The van der Waals surface area contributed by atoms with Crippen LogP contribution in [0.15, 0.2) is 42.5 Å². The maximum absolute atomic E-state index is 14.0. The number of hydrogen-bond acceptors (Lipinski definition) is 5. The van der Waals surface area contributed by atoms with Gasteiger partial charge in [0.05, 0.1) is 30.2 Å². The van der Waals surface area contributed by atoms with E-state index in [9.17, 15) is 18.8 Å². The summed E-state index contributed by atoms with van der Waals surface area (Å²) in [5.41, 5.74) is 6.22. The van der Waals surface area contributed by atoms with Gasteiger partial charge in [-0.05, 0) is 41.3 Å². The van der Waals surface area contributed by atoms with Crippen LogP contribution in [-0.4, -0.2) is 40.1 Å². The highest BCUT2D eigenvalue weighted by molar-refractivity contribution is 6.06. The van der Waals surface area contributed by atoms with Crippen molar-refractivity contribution in [3.8, 4) is 6.07 Å². The highest BCUT2D eigenvalue weighted by atomic mass is 19.1. The molecule has 0 aliphatic rings. The number of nitriles is 1. The summed E-state index contributed by atoms with van der Waals surface area (Å²) in [6.07, 6.45) is 0. The number of benzene rings is 2. The van der Waals surface area contributed by atoms with Crippen LogP contribution in [0.1, 0.15) is 42.4 Å². The quantitative estimate of drug-likeness (QED) is 0.489. The normalized spacial score (nSPS) is 12.1. The summed E-state index contributed by atoms with van der Waals surface area (Å²) >= 11 is 0. The second-order valence-corrected chi connectivity index (χ2v) is 8.93. The number of nitrogens with zero attached hydrogens (tertiary/aromatic N) is 3. The molecule has 3 rings (SSSR count). The first-order valence-electron chi connectivity index (χ1n) is 10.5. The molecule has 0 aliphatic heterocycles. The Morgan fingerprint density at radius 1 is 1.18 bits per heavy atom. The molecular formula is C24H25FN6O3. The molecule has 0 fully saturated rings. The fourth-order valence-electron chi connectivity index (χ4n) is 3.45. The van der Waals surface area contributed by atoms with Gasteiger partial charge in [-0.15, -0.1) is 0 Å². The third kappa shape index (κ3) is 5.56. The fourth-order valence-corrected chi connectivity index (χ4v) is 3.45. The minimum Gasteiger partial charge on any atom is -0.368 e. The lowest BCUT2D eigenvalue weighted by Gasteiger charge is -2.30. The Hall–Kier alpha value is -4.26. The van der Waals surface area contributed by atoms with Crippen LogP contribution in [0, 0.1) is 22.6 Å². The Kier molecular flexibility index (Phi) is 6.96. The van der Waals surface area contributed by atoms with Crippen molar-refractivity contribution in [1.29, 1.82) is 5.26 Å². The predicted molar refractivity (Wildman–Crippen MR) is 123 cm³/mol. The van der Waals surface area contributed by atoms with E-state index in [-0.39, 0.29) is 24.2 Å². The lowest BCUT2D eigenvalue weighted by molar-refractivity contribution is -0.128. The van der Waals surface area contributed by atoms with Crippen LogP contribution in [0.2, 0.25) is 0 Å². The zero-order valence-corrected chi connectivity index (χ0v) is 19.1. The molecule has 176 valence electrons. The molecule has 1 aromatic heterocycles. The van der Waals surface area contributed by atoms with Crippen molar-refractivity contribution in [3.05, 3.63) is 65.1 Å². The van der Waals surface area contributed by atoms with Gasteiger partial charge < -0.3 is 16.4 Å². The van der Waals surface area contributed by atoms with Gasteiger partial charge in [0.1, 0.15) is 11.9 Å². The molecule has 1 unspecified atom stereocenters. The van der Waals surface area contributed by atoms with Gasteiger partial charge in [0.15, 0.2) is 5.69 Å². The Morgan fingerprint density at radius 3 is 2.44 bits per heavy atom. The van der Waals surface area contributed by atoms with Crippen molar-refractivity contribution in [1.82, 2.24) is 20.4 Å². The molecule has 2 aromatic carbocycles. The first kappa shape index (κ1) is 24.4. The molecule has 3 aromatic rings. The zero-order chi connectivity index (χ0) is 25.0. The van der Waals surface area contributed by atoms with E-state index in [4.69, 9.17) is 11.0 Å². The highest BCUT2D eigenvalue weighted by Crippen LogP contribution is 2.24. The van der Waals surface area contributed by atoms with Crippen molar-refractivity contribution in [2.75, 3.05) is 6.54 Å². The van der Waals surface area contributed by atoms with E-state index in [1.807, 2.05) is 0 Å². The van der Waals surface area contributed by atoms with E-state index in [0.29, 0.717) is 11.1 Å². The summed E-state index contributed by atoms with van der Waals surface area (Å²) in [7, 11) is 0. The van der Waals surface area contributed by atoms with Crippen LogP contribution < -0.4 is 16.4 Å². The van der Waals surface area contributed by atoms with E-state index in [1.54, 1.807) is 49.7 Å². The smallest absolute Gasteiger partial charge is 0.273 e. The summed E-state index contributed by atoms with van der Waals surface area (Å²) < 4.78 is 15.6. The number of halogens is 1. The average Bonchev–Trinajstić information content (AvgIpc) is 3.12. The molecule has 4 N–H and O–H groups in total. The van der Waals surface area contributed by atoms with E-state index in [1.165, 1.54) is 18.2 Å².